The van der Waals surface area contributed by atoms with Crippen LogP contribution in [0.1, 0.15) is 24.0 Å². The van der Waals surface area contributed by atoms with Crippen LogP contribution in [0.15, 0.2) is 60.7 Å². The monoisotopic (exact) mass is 510 g/mol. The first-order valence-corrected chi connectivity index (χ1v) is 11.1. The Morgan fingerprint density at radius 3 is 1.89 bits per heavy atom. The molecule has 2 aromatic carbocycles. The standard InChI is InChI=1S/C12H13NO3.C12H11NO3.ClO.Na/c2*14-10-6-12(9-4-2-1-3-5-9)8-16-11(15)13(12)7-10;1-2;/h1-5,10,14H,6-8H2;1-5H,6-8H2;;/q;;-1;+1/t10?,12-;12-;;/m11../s1. The molecule has 4 saturated heterocycles. The number of carbonyl (C=O) groups is 3. The van der Waals surface area contributed by atoms with Crippen molar-refractivity contribution in [3.05, 3.63) is 71.8 Å². The van der Waals surface area contributed by atoms with E-state index in [2.05, 4.69) is 11.9 Å². The van der Waals surface area contributed by atoms with E-state index in [1.165, 1.54) is 0 Å². The number of Topliss-reactive ketones (excluding diaryl/α,β-unsaturated/α-hetero) is 1. The van der Waals surface area contributed by atoms with Gasteiger partial charge in [0.2, 0.25) is 0 Å². The van der Waals surface area contributed by atoms with Gasteiger partial charge in [0.05, 0.1) is 19.2 Å². The van der Waals surface area contributed by atoms with E-state index < -0.39 is 17.2 Å². The molecule has 180 valence electrons. The Morgan fingerprint density at radius 1 is 0.829 bits per heavy atom. The summed E-state index contributed by atoms with van der Waals surface area (Å²) in [5, 5.41) is 9.73. The minimum absolute atomic E-state index is 0. The zero-order valence-electron chi connectivity index (χ0n) is 19.3. The smallest absolute Gasteiger partial charge is 0.769 e. The number of nitrogens with zero attached hydrogens (tertiary/aromatic N) is 2. The van der Waals surface area contributed by atoms with Crippen molar-refractivity contribution in [3.63, 3.8) is 0 Å². The summed E-state index contributed by atoms with van der Waals surface area (Å²) in [6.07, 6.45) is -0.228. The van der Waals surface area contributed by atoms with Gasteiger partial charge in [-0.3, -0.25) is 14.6 Å². The van der Waals surface area contributed by atoms with Crippen molar-refractivity contribution < 1.29 is 63.2 Å². The van der Waals surface area contributed by atoms with Crippen molar-refractivity contribution in [1.29, 1.82) is 0 Å². The van der Waals surface area contributed by atoms with Crippen LogP contribution >= 0.6 is 11.9 Å². The van der Waals surface area contributed by atoms with Crippen LogP contribution in [0.5, 0.6) is 0 Å². The van der Waals surface area contributed by atoms with Gasteiger partial charge in [0.15, 0.2) is 5.78 Å². The molecule has 1 unspecified atom stereocenters. The molecule has 0 spiro atoms. The van der Waals surface area contributed by atoms with Gasteiger partial charge in [-0.1, -0.05) is 60.7 Å². The van der Waals surface area contributed by atoms with Gasteiger partial charge in [-0.05, 0) is 11.1 Å². The third-order valence-corrected chi connectivity index (χ3v) is 6.76. The second-order valence-electron chi connectivity index (χ2n) is 8.67. The predicted molar refractivity (Wildman–Crippen MR) is 118 cm³/mol. The number of hydrogen-bond acceptors (Lipinski definition) is 7. The summed E-state index contributed by atoms with van der Waals surface area (Å²) in [6.45, 7) is 1.16. The average Bonchev–Trinajstić information content (AvgIpc) is 3.58. The van der Waals surface area contributed by atoms with Gasteiger partial charge in [-0.2, -0.15) is 0 Å². The van der Waals surface area contributed by atoms with E-state index in [0.29, 0.717) is 26.0 Å². The zero-order valence-corrected chi connectivity index (χ0v) is 22.0. The molecule has 2 amide bonds. The Balaban J connectivity index is 0.000000178. The summed E-state index contributed by atoms with van der Waals surface area (Å²) in [6, 6.07) is 19.4. The van der Waals surface area contributed by atoms with Gasteiger partial charge >= 0.3 is 41.7 Å². The van der Waals surface area contributed by atoms with Crippen molar-refractivity contribution in [3.8, 4) is 0 Å². The molecule has 3 atom stereocenters. The Bertz CT molecular complexity index is 1060. The van der Waals surface area contributed by atoms with Crippen molar-refractivity contribution in [2.24, 2.45) is 0 Å². The number of benzene rings is 2. The van der Waals surface area contributed by atoms with E-state index in [0.717, 1.165) is 11.1 Å². The number of amides is 2. The van der Waals surface area contributed by atoms with Crippen molar-refractivity contribution in [2.45, 2.75) is 30.0 Å². The Hall–Kier alpha value is -2.14. The van der Waals surface area contributed by atoms with Crippen LogP contribution < -0.4 is 34.2 Å². The molecular weight excluding hydrogens is 487 g/mol. The molecule has 0 aliphatic carbocycles. The van der Waals surface area contributed by atoms with Crippen LogP contribution in [0.3, 0.4) is 0 Å². The molecule has 4 fully saturated rings. The number of carbonyl (C=O) groups excluding carboxylic acids is 3. The van der Waals surface area contributed by atoms with E-state index in [-0.39, 0.29) is 60.7 Å². The van der Waals surface area contributed by atoms with E-state index in [4.69, 9.17) is 14.1 Å². The summed E-state index contributed by atoms with van der Waals surface area (Å²) >= 11 is 3.39. The third-order valence-electron chi connectivity index (χ3n) is 6.76. The summed E-state index contributed by atoms with van der Waals surface area (Å²) in [5.41, 5.74) is 1.02. The van der Waals surface area contributed by atoms with Crippen LogP contribution in [0.25, 0.3) is 0 Å². The Morgan fingerprint density at radius 2 is 1.31 bits per heavy atom. The predicted octanol–water partition coefficient (Wildman–Crippen LogP) is -1.09. The topological polar surface area (TPSA) is 119 Å². The fourth-order valence-electron chi connectivity index (χ4n) is 5.22. The van der Waals surface area contributed by atoms with Crippen molar-refractivity contribution >= 4 is 29.8 Å². The third kappa shape index (κ3) is 4.94. The number of aliphatic hydroxyl groups is 1. The number of fused-ring (bicyclic) bond motifs is 2. The molecule has 0 aromatic heterocycles. The van der Waals surface area contributed by atoms with Crippen LogP contribution in [0, 0.1) is 0 Å². The van der Waals surface area contributed by atoms with Gasteiger partial charge < -0.3 is 19.2 Å². The first-order valence-electron chi connectivity index (χ1n) is 10.8. The average molecular weight is 511 g/mol. The van der Waals surface area contributed by atoms with Gasteiger partial charge in [0.1, 0.15) is 24.3 Å². The molecular formula is C24H24ClN2NaO7. The minimum atomic E-state index is -0.546. The summed E-state index contributed by atoms with van der Waals surface area (Å²) in [7, 11) is 0. The Labute approximate surface area is 230 Å². The quantitative estimate of drug-likeness (QED) is 0.510. The molecule has 0 bridgehead atoms. The second kappa shape index (κ2) is 11.3. The fraction of sp³-hybridized carbons (Fsp3) is 0.375. The molecule has 35 heavy (non-hydrogen) atoms. The van der Waals surface area contributed by atoms with Crippen LogP contribution in [0.2, 0.25) is 0 Å². The van der Waals surface area contributed by atoms with Gasteiger partial charge in [0.25, 0.3) is 0 Å². The largest absolute Gasteiger partial charge is 1.00 e. The van der Waals surface area contributed by atoms with Crippen LogP contribution in [0.4, 0.5) is 9.59 Å². The number of cyclic esters (lactones) is 2. The molecule has 2 aromatic rings. The molecule has 11 heteroatoms. The molecule has 1 N–H and O–H groups in total. The van der Waals surface area contributed by atoms with E-state index in [1.54, 1.807) is 9.80 Å². The molecule has 9 nitrogen and oxygen atoms in total. The number of halogens is 1. The maximum atomic E-state index is 11.6. The number of rotatable bonds is 2. The van der Waals surface area contributed by atoms with Crippen molar-refractivity contribution in [2.75, 3.05) is 26.3 Å². The first-order chi connectivity index (χ1) is 16.4. The molecule has 6 rings (SSSR count). The van der Waals surface area contributed by atoms with Gasteiger partial charge in [-0.15, -0.1) is 0 Å². The fourth-order valence-corrected chi connectivity index (χ4v) is 5.22. The maximum absolute atomic E-state index is 11.6. The number of hydrogen-bond donors (Lipinski definition) is 1. The molecule has 4 aliphatic rings. The normalized spacial score (nSPS) is 28.0. The Kier molecular flexibility index (Phi) is 8.85. The number of aliphatic hydroxyl groups excluding tert-OH is 1. The summed E-state index contributed by atoms with van der Waals surface area (Å²) in [4.78, 5) is 37.8. The zero-order chi connectivity index (χ0) is 24.3. The number of ketones is 1. The molecule has 4 heterocycles. The molecule has 4 aliphatic heterocycles. The van der Waals surface area contributed by atoms with Crippen LogP contribution in [-0.4, -0.2) is 65.3 Å². The second-order valence-corrected chi connectivity index (χ2v) is 8.67. The van der Waals surface area contributed by atoms with Gasteiger partial charge in [0, 0.05) is 12.8 Å². The summed E-state index contributed by atoms with van der Waals surface area (Å²) < 4.78 is 17.9. The maximum Gasteiger partial charge on any atom is 1.00 e. The van der Waals surface area contributed by atoms with E-state index in [9.17, 15) is 19.5 Å². The van der Waals surface area contributed by atoms with E-state index >= 15 is 0 Å². The van der Waals surface area contributed by atoms with Crippen molar-refractivity contribution in [1.82, 2.24) is 9.80 Å². The minimum Gasteiger partial charge on any atom is -0.769 e. The summed E-state index contributed by atoms with van der Waals surface area (Å²) in [5.74, 6) is 0.0977. The SMILES string of the molecule is O=C1CN2C(=O)OC[C@@]2(c2ccccc2)C1.O=C1OC[C@@]2(c3ccccc3)CC(O)CN12.[Na+].[O-]Cl. The van der Waals surface area contributed by atoms with Crippen LogP contribution in [-0.2, 0) is 25.3 Å². The first kappa shape index (κ1) is 27.4. The molecule has 0 saturated carbocycles. The molecule has 0 radical (unpaired) electrons. The van der Waals surface area contributed by atoms with Gasteiger partial charge in [-0.25, -0.2) is 21.5 Å². The van der Waals surface area contributed by atoms with E-state index in [1.807, 2.05) is 60.7 Å². The number of ether oxygens (including phenoxy) is 2.